The number of benzene rings is 2. The highest BCUT2D eigenvalue weighted by Gasteiger charge is 2.31. The van der Waals surface area contributed by atoms with E-state index in [1.54, 1.807) is 32.0 Å². The molecule has 1 fully saturated rings. The van der Waals surface area contributed by atoms with Crippen molar-refractivity contribution >= 4 is 38.9 Å². The molecular weight excluding hydrogens is 448 g/mol. The largest absolute Gasteiger partial charge is 0.333 e. The van der Waals surface area contributed by atoms with E-state index in [9.17, 15) is 18.0 Å². The van der Waals surface area contributed by atoms with Crippen LogP contribution in [0.5, 0.6) is 0 Å². The van der Waals surface area contributed by atoms with E-state index in [4.69, 9.17) is 11.6 Å². The van der Waals surface area contributed by atoms with Gasteiger partial charge in [0.2, 0.25) is 0 Å². The van der Waals surface area contributed by atoms with E-state index in [0.717, 1.165) is 19.3 Å². The molecule has 3 rings (SSSR count). The topological polar surface area (TPSA) is 83.6 Å². The van der Waals surface area contributed by atoms with Gasteiger partial charge in [-0.25, -0.2) is 8.42 Å². The number of likely N-dealkylation sites (tertiary alicyclic amines) is 1. The standard InChI is InChI=1S/C24H29ClN2O4S/c1-15(2)32(30,31)20-11-8-18(9-12-20)23(28)26-22-13-10-19(25)14-21(22)24(29)27-16(3)6-5-7-17(27)4/h8-17H,5-7H2,1-4H3,(H,26,28). The van der Waals surface area contributed by atoms with Crippen LogP contribution in [0.25, 0.3) is 0 Å². The molecule has 0 aliphatic carbocycles. The molecule has 0 aromatic heterocycles. The fourth-order valence-corrected chi connectivity index (χ4v) is 5.26. The van der Waals surface area contributed by atoms with Crippen molar-refractivity contribution in [1.82, 2.24) is 4.90 Å². The summed E-state index contributed by atoms with van der Waals surface area (Å²) in [5.74, 6) is -0.601. The molecule has 0 spiro atoms. The molecule has 2 amide bonds. The number of rotatable bonds is 5. The van der Waals surface area contributed by atoms with Crippen LogP contribution in [-0.4, -0.2) is 42.5 Å². The molecule has 2 aromatic carbocycles. The maximum absolute atomic E-state index is 13.4. The molecule has 2 aromatic rings. The molecule has 6 nitrogen and oxygen atoms in total. The number of carbonyl (C=O) groups is 2. The second-order valence-electron chi connectivity index (χ2n) is 8.60. The highest BCUT2D eigenvalue weighted by molar-refractivity contribution is 7.92. The van der Waals surface area contributed by atoms with Crippen molar-refractivity contribution in [3.8, 4) is 0 Å². The molecule has 1 saturated heterocycles. The lowest BCUT2D eigenvalue weighted by atomic mass is 9.96. The van der Waals surface area contributed by atoms with E-state index >= 15 is 0 Å². The number of piperidine rings is 1. The van der Waals surface area contributed by atoms with Crippen LogP contribution in [0, 0.1) is 0 Å². The van der Waals surface area contributed by atoms with E-state index in [0.29, 0.717) is 21.8 Å². The Morgan fingerprint density at radius 1 is 1.03 bits per heavy atom. The van der Waals surface area contributed by atoms with Gasteiger partial charge < -0.3 is 10.2 Å². The van der Waals surface area contributed by atoms with Crippen molar-refractivity contribution in [3.05, 3.63) is 58.6 Å². The summed E-state index contributed by atoms with van der Waals surface area (Å²) in [6.45, 7) is 7.28. The number of nitrogens with zero attached hydrogens (tertiary/aromatic N) is 1. The molecule has 1 aliphatic rings. The van der Waals surface area contributed by atoms with Crippen LogP contribution in [0.2, 0.25) is 5.02 Å². The van der Waals surface area contributed by atoms with Gasteiger partial charge in [-0.15, -0.1) is 0 Å². The quantitative estimate of drug-likeness (QED) is 0.644. The van der Waals surface area contributed by atoms with Crippen LogP contribution in [0.3, 0.4) is 0 Å². The molecule has 0 bridgehead atoms. The SMILES string of the molecule is CC1CCCC(C)N1C(=O)c1cc(Cl)ccc1NC(=O)c1ccc(S(=O)(=O)C(C)C)cc1. The molecule has 32 heavy (non-hydrogen) atoms. The first kappa shape index (κ1) is 24.3. The lowest BCUT2D eigenvalue weighted by molar-refractivity contribution is 0.0512. The average Bonchev–Trinajstić information content (AvgIpc) is 2.74. The van der Waals surface area contributed by atoms with Crippen LogP contribution >= 0.6 is 11.6 Å². The minimum Gasteiger partial charge on any atom is -0.333 e. The molecule has 8 heteroatoms. The Labute approximate surface area is 194 Å². The predicted octanol–water partition coefficient (Wildman–Crippen LogP) is 5.18. The molecule has 0 saturated carbocycles. The summed E-state index contributed by atoms with van der Waals surface area (Å²) >= 11 is 6.17. The van der Waals surface area contributed by atoms with Crippen molar-refractivity contribution in [1.29, 1.82) is 0 Å². The summed E-state index contributed by atoms with van der Waals surface area (Å²) in [5.41, 5.74) is 1.000. The lowest BCUT2D eigenvalue weighted by Crippen LogP contribution is -2.47. The Morgan fingerprint density at radius 2 is 1.62 bits per heavy atom. The highest BCUT2D eigenvalue weighted by Crippen LogP contribution is 2.29. The maximum Gasteiger partial charge on any atom is 0.256 e. The van der Waals surface area contributed by atoms with Gasteiger partial charge in [-0.05, 0) is 89.4 Å². The summed E-state index contributed by atoms with van der Waals surface area (Å²) < 4.78 is 24.6. The van der Waals surface area contributed by atoms with E-state index < -0.39 is 21.0 Å². The molecular formula is C24H29ClN2O4S. The highest BCUT2D eigenvalue weighted by atomic mass is 35.5. The summed E-state index contributed by atoms with van der Waals surface area (Å²) in [6.07, 6.45) is 2.95. The molecule has 1 aliphatic heterocycles. The Hall–Kier alpha value is -2.38. The van der Waals surface area contributed by atoms with Crippen LogP contribution in [0.4, 0.5) is 5.69 Å². The molecule has 2 unspecified atom stereocenters. The van der Waals surface area contributed by atoms with Crippen LogP contribution in [-0.2, 0) is 9.84 Å². The van der Waals surface area contributed by atoms with Crippen LogP contribution in [0.1, 0.15) is 67.7 Å². The minimum atomic E-state index is -3.42. The minimum absolute atomic E-state index is 0.101. The van der Waals surface area contributed by atoms with E-state index in [1.165, 1.54) is 24.3 Å². The van der Waals surface area contributed by atoms with Gasteiger partial charge in [0, 0.05) is 22.7 Å². The monoisotopic (exact) mass is 476 g/mol. The lowest BCUT2D eigenvalue weighted by Gasteiger charge is -2.39. The van der Waals surface area contributed by atoms with Gasteiger partial charge in [-0.2, -0.15) is 0 Å². The van der Waals surface area contributed by atoms with Crippen LogP contribution < -0.4 is 5.32 Å². The van der Waals surface area contributed by atoms with E-state index in [-0.39, 0.29) is 22.9 Å². The first-order valence-electron chi connectivity index (χ1n) is 10.8. The summed E-state index contributed by atoms with van der Waals surface area (Å²) in [6, 6.07) is 10.8. The molecule has 1 heterocycles. The van der Waals surface area contributed by atoms with Gasteiger partial charge in [-0.1, -0.05) is 11.6 Å². The van der Waals surface area contributed by atoms with Gasteiger partial charge in [-0.3, -0.25) is 9.59 Å². The van der Waals surface area contributed by atoms with Gasteiger partial charge in [0.1, 0.15) is 0 Å². The second kappa shape index (κ2) is 9.63. The van der Waals surface area contributed by atoms with Crippen molar-refractivity contribution in [3.63, 3.8) is 0 Å². The fraction of sp³-hybridized carbons (Fsp3) is 0.417. The number of anilines is 1. The number of hydrogen-bond donors (Lipinski definition) is 1. The third-order valence-electron chi connectivity index (χ3n) is 5.95. The molecule has 2 atom stereocenters. The zero-order valence-electron chi connectivity index (χ0n) is 18.8. The number of nitrogens with one attached hydrogen (secondary N) is 1. The van der Waals surface area contributed by atoms with Crippen LogP contribution in [0.15, 0.2) is 47.4 Å². The van der Waals surface area contributed by atoms with Gasteiger partial charge in [0.15, 0.2) is 9.84 Å². The molecule has 0 radical (unpaired) electrons. The normalized spacial score (nSPS) is 19.1. The number of sulfone groups is 1. The predicted molar refractivity (Wildman–Crippen MR) is 127 cm³/mol. The Morgan fingerprint density at radius 3 is 2.19 bits per heavy atom. The van der Waals surface area contributed by atoms with E-state index in [1.807, 2.05) is 18.7 Å². The number of carbonyl (C=O) groups excluding carboxylic acids is 2. The summed E-state index contributed by atoms with van der Waals surface area (Å²) in [4.78, 5) is 28.3. The zero-order chi connectivity index (χ0) is 23.6. The van der Waals surface area contributed by atoms with E-state index in [2.05, 4.69) is 5.32 Å². The molecule has 172 valence electrons. The third kappa shape index (κ3) is 4.99. The fourth-order valence-electron chi connectivity index (χ4n) is 4.03. The first-order valence-corrected chi connectivity index (χ1v) is 12.7. The molecule has 1 N–H and O–H groups in total. The smallest absolute Gasteiger partial charge is 0.256 e. The van der Waals surface area contributed by atoms with Crippen molar-refractivity contribution in [2.24, 2.45) is 0 Å². The van der Waals surface area contributed by atoms with Gasteiger partial charge >= 0.3 is 0 Å². The summed E-state index contributed by atoms with van der Waals surface area (Å²) in [5, 5.41) is 2.65. The first-order chi connectivity index (χ1) is 15.0. The zero-order valence-corrected chi connectivity index (χ0v) is 20.3. The Balaban J connectivity index is 1.87. The van der Waals surface area contributed by atoms with Crippen molar-refractivity contribution in [2.45, 2.75) is 69.2 Å². The van der Waals surface area contributed by atoms with Crippen molar-refractivity contribution < 1.29 is 18.0 Å². The Bertz CT molecular complexity index is 1100. The average molecular weight is 477 g/mol. The number of hydrogen-bond acceptors (Lipinski definition) is 4. The second-order valence-corrected chi connectivity index (χ2v) is 11.5. The summed E-state index contributed by atoms with van der Waals surface area (Å²) in [7, 11) is -3.42. The van der Waals surface area contributed by atoms with Gasteiger partial charge in [0.05, 0.1) is 21.4 Å². The maximum atomic E-state index is 13.4. The third-order valence-corrected chi connectivity index (χ3v) is 8.36. The number of halogens is 1. The Kier molecular flexibility index (Phi) is 7.30. The number of amides is 2. The van der Waals surface area contributed by atoms with Crippen molar-refractivity contribution in [2.75, 3.05) is 5.32 Å². The van der Waals surface area contributed by atoms with Gasteiger partial charge in [0.25, 0.3) is 11.8 Å².